The van der Waals surface area contributed by atoms with E-state index in [4.69, 9.17) is 0 Å². The molecule has 0 aliphatic heterocycles. The second-order valence-corrected chi connectivity index (χ2v) is 7.50. The van der Waals surface area contributed by atoms with Crippen LogP contribution in [0.5, 0.6) is 0 Å². The minimum absolute atomic E-state index is 0.127. The largest absolute Gasteiger partial charge is 0.354 e. The molecule has 0 atom stereocenters. The lowest BCUT2D eigenvalue weighted by atomic mass is 10.3. The standard InChI is InChI=1S/C13H18N4O3S2/c1-9-13(10(2)17-16-9)22(19,20)15-6-5-14-12(18)8-11-4-3-7-21-11/h3-4,7,15H,5-6,8H2,1-2H3,(H,14,18)(H,16,17). The molecule has 9 heteroatoms. The zero-order valence-corrected chi connectivity index (χ0v) is 14.0. The van der Waals surface area contributed by atoms with E-state index in [9.17, 15) is 13.2 Å². The monoisotopic (exact) mass is 342 g/mol. The molecular weight excluding hydrogens is 324 g/mol. The summed E-state index contributed by atoms with van der Waals surface area (Å²) in [6, 6.07) is 3.77. The van der Waals surface area contributed by atoms with Crippen molar-refractivity contribution in [3.8, 4) is 0 Å². The van der Waals surface area contributed by atoms with E-state index >= 15 is 0 Å². The molecule has 2 aromatic heterocycles. The zero-order valence-electron chi connectivity index (χ0n) is 12.3. The predicted octanol–water partition coefficient (Wildman–Crippen LogP) is 0.725. The molecule has 0 aliphatic rings. The van der Waals surface area contributed by atoms with E-state index in [1.54, 1.807) is 13.8 Å². The van der Waals surface area contributed by atoms with Crippen LogP contribution in [0.25, 0.3) is 0 Å². The number of sulfonamides is 1. The normalized spacial score (nSPS) is 11.5. The Balaban J connectivity index is 1.80. The Morgan fingerprint density at radius 2 is 2.14 bits per heavy atom. The minimum Gasteiger partial charge on any atom is -0.354 e. The van der Waals surface area contributed by atoms with Crippen LogP contribution in [-0.4, -0.2) is 37.6 Å². The zero-order chi connectivity index (χ0) is 16.2. The maximum atomic E-state index is 12.2. The molecule has 0 radical (unpaired) electrons. The highest BCUT2D eigenvalue weighted by atomic mass is 32.2. The van der Waals surface area contributed by atoms with Crippen LogP contribution in [0.4, 0.5) is 0 Å². The van der Waals surface area contributed by atoms with E-state index < -0.39 is 10.0 Å². The van der Waals surface area contributed by atoms with Gasteiger partial charge in [0, 0.05) is 18.0 Å². The number of aryl methyl sites for hydroxylation is 2. The summed E-state index contributed by atoms with van der Waals surface area (Å²) >= 11 is 1.51. The third kappa shape index (κ3) is 4.15. The van der Waals surface area contributed by atoms with Gasteiger partial charge in [-0.2, -0.15) is 5.10 Å². The van der Waals surface area contributed by atoms with E-state index in [0.29, 0.717) is 17.8 Å². The van der Waals surface area contributed by atoms with Crippen LogP contribution in [0.1, 0.15) is 16.3 Å². The lowest BCUT2D eigenvalue weighted by Gasteiger charge is -2.08. The van der Waals surface area contributed by atoms with E-state index in [0.717, 1.165) is 4.88 Å². The van der Waals surface area contributed by atoms with Gasteiger partial charge in [-0.15, -0.1) is 11.3 Å². The highest BCUT2D eigenvalue weighted by molar-refractivity contribution is 7.89. The fourth-order valence-electron chi connectivity index (χ4n) is 2.03. The smallest absolute Gasteiger partial charge is 0.244 e. The first-order valence-corrected chi connectivity index (χ1v) is 9.07. The molecular formula is C13H18N4O3S2. The molecule has 2 heterocycles. The maximum Gasteiger partial charge on any atom is 0.244 e. The van der Waals surface area contributed by atoms with E-state index in [1.165, 1.54) is 11.3 Å². The van der Waals surface area contributed by atoms with Gasteiger partial charge >= 0.3 is 0 Å². The van der Waals surface area contributed by atoms with Crippen molar-refractivity contribution in [2.45, 2.75) is 25.2 Å². The summed E-state index contributed by atoms with van der Waals surface area (Å²) in [5.41, 5.74) is 0.915. The summed E-state index contributed by atoms with van der Waals surface area (Å²) in [5, 5.41) is 11.1. The molecule has 2 rings (SSSR count). The minimum atomic E-state index is -3.62. The van der Waals surface area contributed by atoms with E-state index in [1.807, 2.05) is 17.5 Å². The van der Waals surface area contributed by atoms with Crippen molar-refractivity contribution in [3.05, 3.63) is 33.8 Å². The van der Waals surface area contributed by atoms with Gasteiger partial charge in [-0.1, -0.05) is 6.07 Å². The number of carbonyl (C=O) groups is 1. The van der Waals surface area contributed by atoms with Crippen LogP contribution < -0.4 is 10.0 Å². The molecule has 0 aromatic carbocycles. The SMILES string of the molecule is Cc1n[nH]c(C)c1S(=O)(=O)NCCNC(=O)Cc1cccs1. The van der Waals surface area contributed by atoms with Gasteiger partial charge in [0.15, 0.2) is 0 Å². The van der Waals surface area contributed by atoms with Gasteiger partial charge in [-0.25, -0.2) is 13.1 Å². The molecule has 0 aliphatic carbocycles. The number of hydrogen-bond donors (Lipinski definition) is 3. The van der Waals surface area contributed by atoms with Gasteiger partial charge in [0.2, 0.25) is 15.9 Å². The van der Waals surface area contributed by atoms with Crippen molar-refractivity contribution in [1.82, 2.24) is 20.2 Å². The van der Waals surface area contributed by atoms with Crippen LogP contribution in [0.3, 0.4) is 0 Å². The Bertz CT molecular complexity index is 716. The predicted molar refractivity (Wildman–Crippen MR) is 84.3 cm³/mol. The first-order chi connectivity index (χ1) is 10.4. The number of H-pyrrole nitrogens is 1. The lowest BCUT2D eigenvalue weighted by Crippen LogP contribution is -2.35. The summed E-state index contributed by atoms with van der Waals surface area (Å²) < 4.78 is 26.8. The van der Waals surface area contributed by atoms with Gasteiger partial charge in [-0.05, 0) is 25.3 Å². The summed E-state index contributed by atoms with van der Waals surface area (Å²) in [6.45, 7) is 3.64. The Kier molecular flexibility index (Phi) is 5.33. The first-order valence-electron chi connectivity index (χ1n) is 6.70. The molecule has 120 valence electrons. The van der Waals surface area contributed by atoms with Gasteiger partial charge in [0.25, 0.3) is 0 Å². The van der Waals surface area contributed by atoms with Gasteiger partial charge in [0.05, 0.1) is 17.8 Å². The van der Waals surface area contributed by atoms with Crippen molar-refractivity contribution in [2.24, 2.45) is 0 Å². The number of aromatic amines is 1. The average molecular weight is 342 g/mol. The van der Waals surface area contributed by atoms with E-state index in [2.05, 4.69) is 20.2 Å². The molecule has 3 N–H and O–H groups in total. The third-order valence-corrected chi connectivity index (χ3v) is 5.58. The maximum absolute atomic E-state index is 12.2. The van der Waals surface area contributed by atoms with Crippen LogP contribution in [0.15, 0.2) is 22.4 Å². The third-order valence-electron chi connectivity index (χ3n) is 2.98. The highest BCUT2D eigenvalue weighted by Gasteiger charge is 2.21. The Morgan fingerprint density at radius 1 is 1.36 bits per heavy atom. The highest BCUT2D eigenvalue weighted by Crippen LogP contribution is 2.15. The second kappa shape index (κ2) is 7.03. The first kappa shape index (κ1) is 16.7. The van der Waals surface area contributed by atoms with Crippen LogP contribution in [0.2, 0.25) is 0 Å². The molecule has 0 saturated carbocycles. The molecule has 0 saturated heterocycles. The topological polar surface area (TPSA) is 104 Å². The van der Waals surface area contributed by atoms with Gasteiger partial charge < -0.3 is 5.32 Å². The van der Waals surface area contributed by atoms with Crippen molar-refractivity contribution >= 4 is 27.3 Å². The molecule has 0 unspecified atom stereocenters. The fourth-order valence-corrected chi connectivity index (χ4v) is 4.13. The summed E-state index contributed by atoms with van der Waals surface area (Å²) in [4.78, 5) is 12.8. The number of nitrogens with one attached hydrogen (secondary N) is 3. The van der Waals surface area contributed by atoms with Crippen LogP contribution in [0, 0.1) is 13.8 Å². The summed E-state index contributed by atoms with van der Waals surface area (Å²) in [6.07, 6.45) is 0.310. The number of amides is 1. The number of aromatic nitrogens is 2. The van der Waals surface area contributed by atoms with Crippen molar-refractivity contribution in [2.75, 3.05) is 13.1 Å². The number of hydrogen-bond acceptors (Lipinski definition) is 5. The number of carbonyl (C=O) groups excluding carboxylic acids is 1. The number of rotatable bonds is 7. The summed E-state index contributed by atoms with van der Waals surface area (Å²) in [7, 11) is -3.62. The average Bonchev–Trinajstić information content (AvgIpc) is 3.05. The molecule has 2 aromatic rings. The fraction of sp³-hybridized carbons (Fsp3) is 0.385. The quantitative estimate of drug-likeness (QED) is 0.645. The van der Waals surface area contributed by atoms with E-state index in [-0.39, 0.29) is 23.9 Å². The number of nitrogens with zero attached hydrogens (tertiary/aromatic N) is 1. The van der Waals surface area contributed by atoms with Crippen molar-refractivity contribution in [1.29, 1.82) is 0 Å². The van der Waals surface area contributed by atoms with Crippen molar-refractivity contribution < 1.29 is 13.2 Å². The Labute approximate surface area is 133 Å². The Morgan fingerprint density at radius 3 is 2.73 bits per heavy atom. The lowest BCUT2D eigenvalue weighted by molar-refractivity contribution is -0.120. The van der Waals surface area contributed by atoms with Gasteiger partial charge in [0.1, 0.15) is 4.90 Å². The van der Waals surface area contributed by atoms with Crippen molar-refractivity contribution in [3.63, 3.8) is 0 Å². The number of thiophene rings is 1. The molecule has 0 bridgehead atoms. The molecule has 0 fully saturated rings. The molecule has 1 amide bonds. The molecule has 22 heavy (non-hydrogen) atoms. The summed E-state index contributed by atoms with van der Waals surface area (Å²) in [5.74, 6) is -0.127. The van der Waals surface area contributed by atoms with Gasteiger partial charge in [-0.3, -0.25) is 9.89 Å². The second-order valence-electron chi connectivity index (χ2n) is 4.77. The van der Waals surface area contributed by atoms with Crippen LogP contribution >= 0.6 is 11.3 Å². The Hall–Kier alpha value is -1.71. The molecule has 7 nitrogen and oxygen atoms in total. The molecule has 0 spiro atoms. The van der Waals surface area contributed by atoms with Crippen LogP contribution in [-0.2, 0) is 21.2 Å².